The molecular formula is C19H16Cl2O4S2. The van der Waals surface area contributed by atoms with Gasteiger partial charge in [-0.25, -0.2) is 8.42 Å². The molecule has 4 nitrogen and oxygen atoms in total. The van der Waals surface area contributed by atoms with Gasteiger partial charge in [-0.15, -0.1) is 11.3 Å². The molecule has 8 heteroatoms. The van der Waals surface area contributed by atoms with Crippen molar-refractivity contribution in [2.24, 2.45) is 0 Å². The van der Waals surface area contributed by atoms with E-state index in [1.165, 1.54) is 19.2 Å². The second-order valence-electron chi connectivity index (χ2n) is 5.70. The summed E-state index contributed by atoms with van der Waals surface area (Å²) in [7, 11) is -2.17. The predicted octanol–water partition coefficient (Wildman–Crippen LogP) is 5.10. The lowest BCUT2D eigenvalue weighted by Crippen LogP contribution is -1.99. The molecule has 0 bridgehead atoms. The van der Waals surface area contributed by atoms with Crippen molar-refractivity contribution in [1.82, 2.24) is 0 Å². The Morgan fingerprint density at radius 1 is 1.04 bits per heavy atom. The summed E-state index contributed by atoms with van der Waals surface area (Å²) in [6.45, 7) is -0.0902. The molecule has 0 aliphatic heterocycles. The zero-order chi connectivity index (χ0) is 19.6. The van der Waals surface area contributed by atoms with Crippen LogP contribution in [0.4, 0.5) is 0 Å². The Hall–Kier alpha value is -1.57. The zero-order valence-corrected chi connectivity index (χ0v) is 17.4. The van der Waals surface area contributed by atoms with Crippen LogP contribution in [-0.4, -0.2) is 27.2 Å². The first-order valence-electron chi connectivity index (χ1n) is 7.95. The molecule has 0 fully saturated rings. The molecule has 0 unspecified atom stereocenters. The largest absolute Gasteiger partial charge is 0.497 e. The van der Waals surface area contributed by atoms with Gasteiger partial charge in [-0.2, -0.15) is 0 Å². The quantitative estimate of drug-likeness (QED) is 0.576. The van der Waals surface area contributed by atoms with E-state index < -0.39 is 9.84 Å². The third-order valence-corrected chi connectivity index (χ3v) is 8.19. The summed E-state index contributed by atoms with van der Waals surface area (Å²) in [6, 6.07) is 13.0. The van der Waals surface area contributed by atoms with Gasteiger partial charge >= 0.3 is 0 Å². The van der Waals surface area contributed by atoms with E-state index in [0.29, 0.717) is 22.2 Å². The molecular weight excluding hydrogens is 427 g/mol. The number of rotatable bonds is 6. The minimum Gasteiger partial charge on any atom is -0.497 e. The lowest BCUT2D eigenvalue weighted by atomic mass is 10.1. The fraction of sp³-hybridized carbons (Fsp3) is 0.158. The first-order chi connectivity index (χ1) is 12.9. The molecule has 0 amide bonds. The van der Waals surface area contributed by atoms with Gasteiger partial charge in [0.25, 0.3) is 0 Å². The number of sulfone groups is 1. The molecule has 3 rings (SSSR count). The third-order valence-electron chi connectivity index (χ3n) is 3.98. The lowest BCUT2D eigenvalue weighted by Gasteiger charge is -2.04. The molecule has 0 aliphatic carbocycles. The number of hydrogen-bond acceptors (Lipinski definition) is 5. The standard InChI is InChI=1S/C19H16Cl2O4S2/c1-25-14-3-5-15(6-4-14)27(23,24)18-11-13(8-9-22)19(26-18)12-2-7-16(20)17(21)10-12/h2-7,10-11,22H,8-9H2,1H3. The van der Waals surface area contributed by atoms with E-state index in [2.05, 4.69) is 0 Å². The number of halogens is 2. The number of hydrogen-bond donors (Lipinski definition) is 1. The summed E-state index contributed by atoms with van der Waals surface area (Å²) in [6.07, 6.45) is 0.338. The molecule has 3 aromatic rings. The van der Waals surface area contributed by atoms with Crippen LogP contribution in [0.5, 0.6) is 5.75 Å². The van der Waals surface area contributed by atoms with Crippen LogP contribution in [0.1, 0.15) is 5.56 Å². The van der Waals surface area contributed by atoms with Gasteiger partial charge in [0.2, 0.25) is 9.84 Å². The second-order valence-corrected chi connectivity index (χ2v) is 9.74. The maximum absolute atomic E-state index is 13.0. The second kappa shape index (κ2) is 8.20. The van der Waals surface area contributed by atoms with Crippen LogP contribution in [-0.2, 0) is 16.3 Å². The van der Waals surface area contributed by atoms with E-state index in [4.69, 9.17) is 27.9 Å². The highest BCUT2D eigenvalue weighted by Gasteiger charge is 2.23. The fourth-order valence-corrected chi connectivity index (χ4v) is 5.83. The number of benzene rings is 2. The molecule has 0 spiro atoms. The Balaban J connectivity index is 2.09. The van der Waals surface area contributed by atoms with Crippen molar-refractivity contribution < 1.29 is 18.3 Å². The van der Waals surface area contributed by atoms with Crippen molar-refractivity contribution in [3.8, 4) is 16.2 Å². The monoisotopic (exact) mass is 442 g/mol. The van der Waals surface area contributed by atoms with E-state index in [-0.39, 0.29) is 15.7 Å². The summed E-state index contributed by atoms with van der Waals surface area (Å²) in [4.78, 5) is 0.926. The van der Waals surface area contributed by atoms with Gasteiger partial charge < -0.3 is 9.84 Å². The van der Waals surface area contributed by atoms with Gasteiger partial charge in [-0.3, -0.25) is 0 Å². The Morgan fingerprint density at radius 3 is 2.33 bits per heavy atom. The molecule has 0 aliphatic rings. The average molecular weight is 443 g/mol. The van der Waals surface area contributed by atoms with Crippen LogP contribution in [0.25, 0.3) is 10.4 Å². The van der Waals surface area contributed by atoms with Crippen molar-refractivity contribution in [2.45, 2.75) is 15.5 Å². The fourth-order valence-electron chi connectivity index (χ4n) is 2.59. The van der Waals surface area contributed by atoms with E-state index in [9.17, 15) is 13.5 Å². The Morgan fingerprint density at radius 2 is 1.74 bits per heavy atom. The molecule has 2 aromatic carbocycles. The van der Waals surface area contributed by atoms with Crippen LogP contribution < -0.4 is 4.74 Å². The molecule has 0 saturated heterocycles. The summed E-state index contributed by atoms with van der Waals surface area (Å²) < 4.78 is 31.3. The highest BCUT2D eigenvalue weighted by molar-refractivity contribution is 7.93. The molecule has 1 aromatic heterocycles. The van der Waals surface area contributed by atoms with Crippen molar-refractivity contribution in [1.29, 1.82) is 0 Å². The highest BCUT2D eigenvalue weighted by Crippen LogP contribution is 2.39. The van der Waals surface area contributed by atoms with E-state index in [1.807, 2.05) is 0 Å². The Bertz CT molecular complexity index is 1060. The Labute approximate surface area is 171 Å². The molecule has 1 heterocycles. The van der Waals surface area contributed by atoms with Gasteiger partial charge in [0.05, 0.1) is 22.1 Å². The van der Waals surface area contributed by atoms with Crippen LogP contribution >= 0.6 is 34.5 Å². The van der Waals surface area contributed by atoms with E-state index >= 15 is 0 Å². The van der Waals surface area contributed by atoms with Crippen LogP contribution in [0.15, 0.2) is 57.6 Å². The van der Waals surface area contributed by atoms with E-state index in [0.717, 1.165) is 27.3 Å². The van der Waals surface area contributed by atoms with Crippen molar-refractivity contribution in [2.75, 3.05) is 13.7 Å². The highest BCUT2D eigenvalue weighted by atomic mass is 35.5. The molecule has 0 radical (unpaired) electrons. The van der Waals surface area contributed by atoms with Crippen LogP contribution in [0, 0.1) is 0 Å². The number of methoxy groups -OCH3 is 1. The van der Waals surface area contributed by atoms with Gasteiger partial charge in [-0.05, 0) is 60.0 Å². The number of aliphatic hydroxyl groups is 1. The Kier molecular flexibility index (Phi) is 6.13. The first kappa shape index (κ1) is 20.2. The maximum Gasteiger partial charge on any atom is 0.215 e. The lowest BCUT2D eigenvalue weighted by molar-refractivity contribution is 0.300. The third kappa shape index (κ3) is 4.15. The smallest absolute Gasteiger partial charge is 0.215 e. The summed E-state index contributed by atoms with van der Waals surface area (Å²) >= 11 is 13.2. The maximum atomic E-state index is 13.0. The summed E-state index contributed by atoms with van der Waals surface area (Å²) in [5.41, 5.74) is 1.50. The van der Waals surface area contributed by atoms with Gasteiger partial charge in [0.1, 0.15) is 9.96 Å². The van der Waals surface area contributed by atoms with Crippen LogP contribution in [0.2, 0.25) is 10.0 Å². The van der Waals surface area contributed by atoms with Crippen molar-refractivity contribution in [3.05, 3.63) is 64.1 Å². The first-order valence-corrected chi connectivity index (χ1v) is 11.0. The van der Waals surface area contributed by atoms with Crippen molar-refractivity contribution >= 4 is 44.4 Å². The molecule has 142 valence electrons. The van der Waals surface area contributed by atoms with Crippen molar-refractivity contribution in [3.63, 3.8) is 0 Å². The minimum atomic E-state index is -3.69. The van der Waals surface area contributed by atoms with Gasteiger partial charge in [0, 0.05) is 11.5 Å². The summed E-state index contributed by atoms with van der Waals surface area (Å²) in [5.74, 6) is 0.581. The number of aliphatic hydroxyl groups excluding tert-OH is 1. The topological polar surface area (TPSA) is 63.6 Å². The number of ether oxygens (including phenoxy) is 1. The molecule has 27 heavy (non-hydrogen) atoms. The van der Waals surface area contributed by atoms with Gasteiger partial charge in [0.15, 0.2) is 0 Å². The molecule has 1 N–H and O–H groups in total. The van der Waals surface area contributed by atoms with Gasteiger partial charge in [-0.1, -0.05) is 29.3 Å². The zero-order valence-electron chi connectivity index (χ0n) is 14.3. The summed E-state index contributed by atoms with van der Waals surface area (Å²) in [5, 5.41) is 10.2. The van der Waals surface area contributed by atoms with Crippen LogP contribution in [0.3, 0.4) is 0 Å². The normalized spacial score (nSPS) is 11.6. The number of thiophene rings is 1. The average Bonchev–Trinajstić information content (AvgIpc) is 3.09. The van der Waals surface area contributed by atoms with E-state index in [1.54, 1.807) is 36.4 Å². The predicted molar refractivity (Wildman–Crippen MR) is 109 cm³/mol. The molecule has 0 atom stereocenters. The molecule has 0 saturated carbocycles. The SMILES string of the molecule is COc1ccc(S(=O)(=O)c2cc(CCO)c(-c3ccc(Cl)c(Cl)c3)s2)cc1. The minimum absolute atomic E-state index is 0.0902.